The van der Waals surface area contributed by atoms with E-state index in [-0.39, 0.29) is 6.61 Å². The van der Waals surface area contributed by atoms with Crippen molar-refractivity contribution < 1.29 is 5.11 Å². The van der Waals surface area contributed by atoms with Crippen molar-refractivity contribution in [1.82, 2.24) is 0 Å². The molecule has 15 heavy (non-hydrogen) atoms. The van der Waals surface area contributed by atoms with Gasteiger partial charge in [-0.2, -0.15) is 0 Å². The van der Waals surface area contributed by atoms with Gasteiger partial charge in [-0.3, -0.25) is 0 Å². The van der Waals surface area contributed by atoms with E-state index in [0.717, 1.165) is 5.56 Å². The molecule has 0 unspecified atom stereocenters. The molecule has 0 amide bonds. The van der Waals surface area contributed by atoms with Gasteiger partial charge in [-0.15, -0.1) is 0 Å². The van der Waals surface area contributed by atoms with Crippen LogP contribution in [0.5, 0.6) is 0 Å². The Balaban J connectivity index is 2.90. The molecule has 0 bridgehead atoms. The van der Waals surface area contributed by atoms with Gasteiger partial charge in [0.25, 0.3) is 0 Å². The maximum absolute atomic E-state index is 8.63. The smallest absolute Gasteiger partial charge is 0.0776 e. The van der Waals surface area contributed by atoms with Crippen LogP contribution in [0.25, 0.3) is 0 Å². The second-order valence-corrected chi connectivity index (χ2v) is 9.68. The quantitative estimate of drug-likeness (QED) is 0.594. The fourth-order valence-corrected chi connectivity index (χ4v) is 2.47. The molecule has 0 aliphatic rings. The SMILES string of the molecule is C[Si](C)(C)c1cccc(C#CCCO)c1. The molecule has 0 heterocycles. The van der Waals surface area contributed by atoms with Crippen molar-refractivity contribution in [2.45, 2.75) is 26.1 Å². The van der Waals surface area contributed by atoms with Crippen LogP contribution in [0.2, 0.25) is 19.6 Å². The highest BCUT2D eigenvalue weighted by atomic mass is 28.3. The van der Waals surface area contributed by atoms with E-state index in [4.69, 9.17) is 5.11 Å². The van der Waals surface area contributed by atoms with E-state index >= 15 is 0 Å². The monoisotopic (exact) mass is 218 g/mol. The summed E-state index contributed by atoms with van der Waals surface area (Å²) in [6.07, 6.45) is 0.553. The highest BCUT2D eigenvalue weighted by Crippen LogP contribution is 2.04. The molecule has 1 aromatic carbocycles. The molecule has 1 nitrogen and oxygen atoms in total. The Kier molecular flexibility index (Phi) is 4.13. The summed E-state index contributed by atoms with van der Waals surface area (Å²) < 4.78 is 0. The standard InChI is InChI=1S/C13H18OSi/c1-15(2,3)13-9-6-8-12(11-13)7-4-5-10-14/h6,8-9,11,14H,5,10H2,1-3H3. The highest BCUT2D eigenvalue weighted by molar-refractivity contribution is 6.88. The average molecular weight is 218 g/mol. The Morgan fingerprint density at radius 2 is 2.00 bits per heavy atom. The van der Waals surface area contributed by atoms with Crippen LogP contribution < -0.4 is 5.19 Å². The van der Waals surface area contributed by atoms with Crippen LogP contribution in [0.3, 0.4) is 0 Å². The van der Waals surface area contributed by atoms with E-state index in [1.807, 2.05) is 6.07 Å². The zero-order chi connectivity index (χ0) is 11.3. The first kappa shape index (κ1) is 12.0. The molecule has 0 spiro atoms. The maximum Gasteiger partial charge on any atom is 0.0776 e. The van der Waals surface area contributed by atoms with E-state index in [0.29, 0.717) is 6.42 Å². The average Bonchev–Trinajstić information content (AvgIpc) is 2.17. The van der Waals surface area contributed by atoms with Crippen LogP contribution in [-0.2, 0) is 0 Å². The number of hydrogen-bond donors (Lipinski definition) is 1. The molecule has 80 valence electrons. The minimum atomic E-state index is -1.23. The Morgan fingerprint density at radius 1 is 1.27 bits per heavy atom. The predicted molar refractivity (Wildman–Crippen MR) is 68.0 cm³/mol. The Labute approximate surface area is 93.2 Å². The van der Waals surface area contributed by atoms with Crippen molar-refractivity contribution in [2.24, 2.45) is 0 Å². The van der Waals surface area contributed by atoms with Crippen molar-refractivity contribution in [2.75, 3.05) is 6.61 Å². The third-order valence-electron chi connectivity index (χ3n) is 2.20. The summed E-state index contributed by atoms with van der Waals surface area (Å²) >= 11 is 0. The lowest BCUT2D eigenvalue weighted by Gasteiger charge is -2.16. The van der Waals surface area contributed by atoms with Gasteiger partial charge in [0.1, 0.15) is 0 Å². The first-order chi connectivity index (χ1) is 7.04. The summed E-state index contributed by atoms with van der Waals surface area (Å²) in [5.41, 5.74) is 1.06. The van der Waals surface area contributed by atoms with Crippen LogP contribution in [-0.4, -0.2) is 19.8 Å². The molecule has 0 aliphatic heterocycles. The Hall–Kier alpha value is -1.04. The zero-order valence-electron chi connectivity index (χ0n) is 9.67. The zero-order valence-corrected chi connectivity index (χ0v) is 10.7. The van der Waals surface area contributed by atoms with Crippen LogP contribution >= 0.6 is 0 Å². The van der Waals surface area contributed by atoms with Gasteiger partial charge >= 0.3 is 0 Å². The van der Waals surface area contributed by atoms with Crippen molar-refractivity contribution in [1.29, 1.82) is 0 Å². The van der Waals surface area contributed by atoms with Gasteiger partial charge in [-0.25, -0.2) is 0 Å². The molecule has 1 rings (SSSR count). The molecule has 0 atom stereocenters. The van der Waals surface area contributed by atoms with E-state index in [1.165, 1.54) is 5.19 Å². The van der Waals surface area contributed by atoms with E-state index in [2.05, 4.69) is 49.7 Å². The Bertz CT molecular complexity index is 380. The number of aliphatic hydroxyl groups is 1. The summed E-state index contributed by atoms with van der Waals surface area (Å²) in [5.74, 6) is 6.02. The lowest BCUT2D eigenvalue weighted by Crippen LogP contribution is -2.37. The summed E-state index contributed by atoms with van der Waals surface area (Å²) in [4.78, 5) is 0. The molecule has 0 radical (unpaired) electrons. The molecule has 0 aromatic heterocycles. The lowest BCUT2D eigenvalue weighted by atomic mass is 10.2. The fourth-order valence-electron chi connectivity index (χ4n) is 1.28. The highest BCUT2D eigenvalue weighted by Gasteiger charge is 2.15. The van der Waals surface area contributed by atoms with Gasteiger partial charge < -0.3 is 5.11 Å². The molecular formula is C13H18OSi. The van der Waals surface area contributed by atoms with E-state index in [9.17, 15) is 0 Å². The summed E-state index contributed by atoms with van der Waals surface area (Å²) in [5, 5.41) is 10.1. The first-order valence-corrected chi connectivity index (χ1v) is 8.74. The lowest BCUT2D eigenvalue weighted by molar-refractivity contribution is 0.305. The topological polar surface area (TPSA) is 20.2 Å². The molecule has 1 aromatic rings. The van der Waals surface area contributed by atoms with Gasteiger partial charge in [-0.05, 0) is 12.1 Å². The predicted octanol–water partition coefficient (Wildman–Crippen LogP) is 1.97. The van der Waals surface area contributed by atoms with Crippen molar-refractivity contribution >= 4 is 13.3 Å². The van der Waals surface area contributed by atoms with Crippen molar-refractivity contribution in [3.05, 3.63) is 29.8 Å². The van der Waals surface area contributed by atoms with Crippen LogP contribution in [0.4, 0.5) is 0 Å². The second-order valence-electron chi connectivity index (χ2n) is 4.61. The Morgan fingerprint density at radius 3 is 2.60 bits per heavy atom. The molecule has 2 heteroatoms. The third-order valence-corrected chi connectivity index (χ3v) is 4.24. The minimum absolute atomic E-state index is 0.140. The van der Waals surface area contributed by atoms with Gasteiger partial charge in [0.15, 0.2) is 0 Å². The maximum atomic E-state index is 8.63. The fraction of sp³-hybridized carbons (Fsp3) is 0.385. The molecule has 0 saturated heterocycles. The van der Waals surface area contributed by atoms with Crippen molar-refractivity contribution in [3.8, 4) is 11.8 Å². The normalized spacial score (nSPS) is 10.7. The summed E-state index contributed by atoms with van der Waals surface area (Å²) in [7, 11) is -1.23. The van der Waals surface area contributed by atoms with Gasteiger partial charge in [0.2, 0.25) is 0 Å². The molecule has 0 saturated carbocycles. The molecule has 0 fully saturated rings. The third kappa shape index (κ3) is 3.91. The minimum Gasteiger partial charge on any atom is -0.395 e. The van der Waals surface area contributed by atoms with Gasteiger partial charge in [0.05, 0.1) is 14.7 Å². The number of rotatable bonds is 2. The molecule has 1 N–H and O–H groups in total. The van der Waals surface area contributed by atoms with Gasteiger partial charge in [-0.1, -0.05) is 48.8 Å². The molecule has 0 aliphatic carbocycles. The van der Waals surface area contributed by atoms with E-state index < -0.39 is 8.07 Å². The number of benzene rings is 1. The van der Waals surface area contributed by atoms with Crippen molar-refractivity contribution in [3.63, 3.8) is 0 Å². The van der Waals surface area contributed by atoms with Crippen LogP contribution in [0.15, 0.2) is 24.3 Å². The number of hydrogen-bond acceptors (Lipinski definition) is 1. The first-order valence-electron chi connectivity index (χ1n) is 5.24. The van der Waals surface area contributed by atoms with Crippen LogP contribution in [0.1, 0.15) is 12.0 Å². The molecular weight excluding hydrogens is 200 g/mol. The van der Waals surface area contributed by atoms with E-state index in [1.54, 1.807) is 0 Å². The summed E-state index contributed by atoms with van der Waals surface area (Å²) in [6.45, 7) is 7.12. The van der Waals surface area contributed by atoms with Crippen LogP contribution in [0, 0.1) is 11.8 Å². The largest absolute Gasteiger partial charge is 0.395 e. The summed E-state index contributed by atoms with van der Waals surface area (Å²) in [6, 6.07) is 8.45. The second kappa shape index (κ2) is 5.15. The van der Waals surface area contributed by atoms with Gasteiger partial charge in [0, 0.05) is 12.0 Å². The number of aliphatic hydroxyl groups excluding tert-OH is 1.